The highest BCUT2D eigenvalue weighted by Gasteiger charge is 2.18. The van der Waals surface area contributed by atoms with Crippen LogP contribution in [-0.4, -0.2) is 24.6 Å². The molecule has 0 aliphatic carbocycles. The number of hydrogen-bond acceptors (Lipinski definition) is 3. The van der Waals surface area contributed by atoms with Gasteiger partial charge in [-0.2, -0.15) is 0 Å². The molecule has 0 spiro atoms. The van der Waals surface area contributed by atoms with Crippen LogP contribution in [0.3, 0.4) is 0 Å². The monoisotopic (exact) mass is 280 g/mol. The van der Waals surface area contributed by atoms with Gasteiger partial charge in [0.05, 0.1) is 11.8 Å². The maximum atomic E-state index is 13.9. The van der Waals surface area contributed by atoms with Crippen molar-refractivity contribution in [1.29, 1.82) is 0 Å². The SMILES string of the molecule is CC(C)Oc1ccc(NC(=O)CC2CCCN2)c(F)c1. The van der Waals surface area contributed by atoms with Gasteiger partial charge in [-0.25, -0.2) is 4.39 Å². The van der Waals surface area contributed by atoms with Gasteiger partial charge in [-0.05, 0) is 45.4 Å². The number of rotatable bonds is 5. The Morgan fingerprint density at radius 1 is 1.55 bits per heavy atom. The molecule has 1 aromatic rings. The van der Waals surface area contributed by atoms with Gasteiger partial charge >= 0.3 is 0 Å². The molecule has 5 heteroatoms. The second-order valence-electron chi connectivity index (χ2n) is 5.35. The zero-order chi connectivity index (χ0) is 14.5. The number of nitrogens with one attached hydrogen (secondary N) is 2. The Labute approximate surface area is 118 Å². The van der Waals surface area contributed by atoms with Crippen LogP contribution >= 0.6 is 0 Å². The van der Waals surface area contributed by atoms with E-state index in [1.165, 1.54) is 12.1 Å². The third-order valence-corrected chi connectivity index (χ3v) is 3.18. The molecule has 1 saturated heterocycles. The van der Waals surface area contributed by atoms with Crippen molar-refractivity contribution in [3.63, 3.8) is 0 Å². The molecular formula is C15H21FN2O2. The molecular weight excluding hydrogens is 259 g/mol. The molecule has 1 atom stereocenters. The minimum absolute atomic E-state index is 0.0108. The van der Waals surface area contributed by atoms with Crippen molar-refractivity contribution in [3.05, 3.63) is 24.0 Å². The molecule has 1 heterocycles. The van der Waals surface area contributed by atoms with Crippen molar-refractivity contribution < 1.29 is 13.9 Å². The van der Waals surface area contributed by atoms with Crippen molar-refractivity contribution in [2.24, 2.45) is 0 Å². The molecule has 1 unspecified atom stereocenters. The third kappa shape index (κ3) is 4.20. The van der Waals surface area contributed by atoms with Gasteiger partial charge < -0.3 is 15.4 Å². The summed E-state index contributed by atoms with van der Waals surface area (Å²) in [6, 6.07) is 4.70. The van der Waals surface area contributed by atoms with Crippen molar-refractivity contribution in [3.8, 4) is 5.75 Å². The van der Waals surface area contributed by atoms with Crippen LogP contribution in [0.15, 0.2) is 18.2 Å². The van der Waals surface area contributed by atoms with E-state index in [1.54, 1.807) is 6.07 Å². The molecule has 20 heavy (non-hydrogen) atoms. The standard InChI is InChI=1S/C15H21FN2O2/c1-10(2)20-12-5-6-14(13(16)9-12)18-15(19)8-11-4-3-7-17-11/h5-6,9-11,17H,3-4,7-8H2,1-2H3,(H,18,19). The van der Waals surface area contributed by atoms with Crippen LogP contribution in [-0.2, 0) is 4.79 Å². The van der Waals surface area contributed by atoms with E-state index in [4.69, 9.17) is 4.74 Å². The van der Waals surface area contributed by atoms with Crippen LogP contribution in [0, 0.1) is 5.82 Å². The summed E-state index contributed by atoms with van der Waals surface area (Å²) in [5, 5.41) is 5.85. The second kappa shape index (κ2) is 6.70. The molecule has 1 amide bonds. The molecule has 0 radical (unpaired) electrons. The second-order valence-corrected chi connectivity index (χ2v) is 5.35. The summed E-state index contributed by atoms with van der Waals surface area (Å²) in [4.78, 5) is 11.8. The Hall–Kier alpha value is -1.62. The zero-order valence-electron chi connectivity index (χ0n) is 11.9. The topological polar surface area (TPSA) is 50.4 Å². The summed E-state index contributed by atoms with van der Waals surface area (Å²) >= 11 is 0. The highest BCUT2D eigenvalue weighted by Crippen LogP contribution is 2.22. The fourth-order valence-corrected chi connectivity index (χ4v) is 2.30. The first kappa shape index (κ1) is 14.8. The van der Waals surface area contributed by atoms with Crippen LogP contribution < -0.4 is 15.4 Å². The molecule has 0 saturated carbocycles. The Bertz CT molecular complexity index is 471. The Morgan fingerprint density at radius 3 is 2.95 bits per heavy atom. The highest BCUT2D eigenvalue weighted by molar-refractivity contribution is 5.91. The normalized spacial score (nSPS) is 18.3. The fraction of sp³-hybridized carbons (Fsp3) is 0.533. The molecule has 4 nitrogen and oxygen atoms in total. The zero-order valence-corrected chi connectivity index (χ0v) is 11.9. The predicted octanol–water partition coefficient (Wildman–Crippen LogP) is 2.69. The Morgan fingerprint density at radius 2 is 2.35 bits per heavy atom. The van der Waals surface area contributed by atoms with Gasteiger partial charge in [-0.15, -0.1) is 0 Å². The van der Waals surface area contributed by atoms with Crippen molar-refractivity contribution >= 4 is 11.6 Å². The van der Waals surface area contributed by atoms with Gasteiger partial charge in [-0.1, -0.05) is 0 Å². The van der Waals surface area contributed by atoms with Crippen LogP contribution in [0.1, 0.15) is 33.1 Å². The number of carbonyl (C=O) groups is 1. The van der Waals surface area contributed by atoms with E-state index in [0.29, 0.717) is 12.2 Å². The Balaban J connectivity index is 1.93. The maximum absolute atomic E-state index is 13.9. The van der Waals surface area contributed by atoms with Gasteiger partial charge in [0, 0.05) is 18.5 Å². The molecule has 0 bridgehead atoms. The number of halogens is 1. The summed E-state index contributed by atoms with van der Waals surface area (Å²) in [5.41, 5.74) is 0.198. The average Bonchev–Trinajstić information content (AvgIpc) is 2.84. The largest absolute Gasteiger partial charge is 0.491 e. The Kier molecular flexibility index (Phi) is 4.95. The van der Waals surface area contributed by atoms with Crippen molar-refractivity contribution in [2.75, 3.05) is 11.9 Å². The summed E-state index contributed by atoms with van der Waals surface area (Å²) in [6.07, 6.45) is 2.46. The van der Waals surface area contributed by atoms with E-state index in [9.17, 15) is 9.18 Å². The quantitative estimate of drug-likeness (QED) is 0.872. The molecule has 1 fully saturated rings. The highest BCUT2D eigenvalue weighted by atomic mass is 19.1. The van der Waals surface area contributed by atoms with Gasteiger partial charge in [0.25, 0.3) is 0 Å². The van der Waals surface area contributed by atoms with Gasteiger partial charge in [-0.3, -0.25) is 4.79 Å². The van der Waals surface area contributed by atoms with Gasteiger partial charge in [0.15, 0.2) is 0 Å². The average molecular weight is 280 g/mol. The van der Waals surface area contributed by atoms with Crippen LogP contribution in [0.5, 0.6) is 5.75 Å². The number of anilines is 1. The number of carbonyl (C=O) groups excluding carboxylic acids is 1. The minimum atomic E-state index is -0.476. The molecule has 110 valence electrons. The van der Waals surface area contributed by atoms with Crippen molar-refractivity contribution in [1.82, 2.24) is 5.32 Å². The molecule has 1 aromatic carbocycles. The van der Waals surface area contributed by atoms with Gasteiger partial charge in [0.1, 0.15) is 11.6 Å². The minimum Gasteiger partial charge on any atom is -0.491 e. The molecule has 1 aliphatic heterocycles. The van der Waals surface area contributed by atoms with E-state index >= 15 is 0 Å². The van der Waals surface area contributed by atoms with Crippen LogP contribution in [0.2, 0.25) is 0 Å². The van der Waals surface area contributed by atoms with Crippen LogP contribution in [0.25, 0.3) is 0 Å². The first-order chi connectivity index (χ1) is 9.54. The van der Waals surface area contributed by atoms with Gasteiger partial charge in [0.2, 0.25) is 5.91 Å². The van der Waals surface area contributed by atoms with E-state index in [-0.39, 0.29) is 23.7 Å². The van der Waals surface area contributed by atoms with Crippen molar-refractivity contribution in [2.45, 2.75) is 45.3 Å². The predicted molar refractivity (Wildman–Crippen MR) is 76.4 cm³/mol. The number of hydrogen-bond donors (Lipinski definition) is 2. The molecule has 2 rings (SSSR count). The number of benzene rings is 1. The maximum Gasteiger partial charge on any atom is 0.226 e. The van der Waals surface area contributed by atoms with Crippen LogP contribution in [0.4, 0.5) is 10.1 Å². The third-order valence-electron chi connectivity index (χ3n) is 3.18. The first-order valence-electron chi connectivity index (χ1n) is 7.04. The lowest BCUT2D eigenvalue weighted by Crippen LogP contribution is -2.27. The fourth-order valence-electron chi connectivity index (χ4n) is 2.30. The number of ether oxygens (including phenoxy) is 1. The van der Waals surface area contributed by atoms with E-state index in [2.05, 4.69) is 10.6 Å². The van der Waals surface area contributed by atoms with E-state index < -0.39 is 5.82 Å². The number of amides is 1. The molecule has 0 aromatic heterocycles. The summed E-state index contributed by atoms with van der Waals surface area (Å²) in [7, 11) is 0. The lowest BCUT2D eigenvalue weighted by atomic mass is 10.1. The summed E-state index contributed by atoms with van der Waals surface area (Å²) in [6.45, 7) is 4.71. The molecule has 1 aliphatic rings. The summed E-state index contributed by atoms with van der Waals surface area (Å²) < 4.78 is 19.3. The lowest BCUT2D eigenvalue weighted by Gasteiger charge is -2.13. The molecule has 2 N–H and O–H groups in total. The first-order valence-corrected chi connectivity index (χ1v) is 7.04. The lowest BCUT2D eigenvalue weighted by molar-refractivity contribution is -0.116. The smallest absolute Gasteiger partial charge is 0.226 e. The summed E-state index contributed by atoms with van der Waals surface area (Å²) in [5.74, 6) is -0.176. The van der Waals surface area contributed by atoms with E-state index in [1.807, 2.05) is 13.8 Å². The van der Waals surface area contributed by atoms with E-state index in [0.717, 1.165) is 19.4 Å².